The van der Waals surface area contributed by atoms with Gasteiger partial charge in [0.1, 0.15) is 0 Å². The van der Waals surface area contributed by atoms with Gasteiger partial charge >= 0.3 is 0 Å². The summed E-state index contributed by atoms with van der Waals surface area (Å²) in [6.45, 7) is 4.39. The summed E-state index contributed by atoms with van der Waals surface area (Å²) < 4.78 is 3.47. The number of para-hydroxylation sites is 1. The largest absolute Gasteiger partial charge is 0.325 e. The molecule has 0 aliphatic rings. The number of hydrogen-bond acceptors (Lipinski definition) is 7. The summed E-state index contributed by atoms with van der Waals surface area (Å²) >= 11 is 1.23. The molecule has 0 aliphatic carbocycles. The van der Waals surface area contributed by atoms with Gasteiger partial charge in [-0.3, -0.25) is 28.7 Å². The molecule has 0 aliphatic heterocycles. The van der Waals surface area contributed by atoms with Crippen LogP contribution in [0.1, 0.15) is 33.1 Å². The summed E-state index contributed by atoms with van der Waals surface area (Å²) in [4.78, 5) is 36.2. The molecule has 0 saturated heterocycles. The average molecular weight is 481 g/mol. The monoisotopic (exact) mass is 480 g/mol. The zero-order valence-corrected chi connectivity index (χ0v) is 19.6. The van der Waals surface area contributed by atoms with Crippen molar-refractivity contribution in [3.63, 3.8) is 0 Å². The number of aryl methyl sites for hydroxylation is 1. The Morgan fingerprint density at radius 3 is 2.59 bits per heavy atom. The van der Waals surface area contributed by atoms with Gasteiger partial charge in [0.05, 0.1) is 21.1 Å². The summed E-state index contributed by atoms with van der Waals surface area (Å²) in [6, 6.07) is 12.9. The summed E-state index contributed by atoms with van der Waals surface area (Å²) in [7, 11) is 0. The second-order valence-corrected chi connectivity index (χ2v) is 9.16. The number of carbonyl (C=O) groups excluding carboxylic acids is 1. The molecule has 176 valence electrons. The fourth-order valence-electron chi connectivity index (χ4n) is 3.65. The van der Waals surface area contributed by atoms with E-state index in [4.69, 9.17) is 0 Å². The van der Waals surface area contributed by atoms with E-state index in [0.29, 0.717) is 34.1 Å². The molecule has 2 heterocycles. The van der Waals surface area contributed by atoms with E-state index >= 15 is 0 Å². The lowest BCUT2D eigenvalue weighted by Gasteiger charge is -2.13. The van der Waals surface area contributed by atoms with E-state index < -0.39 is 10.2 Å². The second-order valence-electron chi connectivity index (χ2n) is 7.85. The standard InChI is InChI=1S/C23H24N6O4S/c1-3-4-7-14-27-21(31)18-8-5-6-9-19(18)28-22(27)25-26-23(28)34-15(2)20(30)24-16-10-12-17(13-11-16)29(32)33/h5-6,8-13,15H,3-4,7,14H2,1-2H3,(H,24,30). The number of carbonyl (C=O) groups is 1. The van der Waals surface area contributed by atoms with Crippen molar-refractivity contribution in [1.82, 2.24) is 19.2 Å². The number of nitrogens with zero attached hydrogens (tertiary/aromatic N) is 5. The van der Waals surface area contributed by atoms with Crippen molar-refractivity contribution in [2.24, 2.45) is 0 Å². The van der Waals surface area contributed by atoms with Crippen molar-refractivity contribution in [3.8, 4) is 0 Å². The molecule has 10 nitrogen and oxygen atoms in total. The lowest BCUT2D eigenvalue weighted by Crippen LogP contribution is -2.24. The van der Waals surface area contributed by atoms with Crippen LogP contribution in [-0.2, 0) is 11.3 Å². The predicted octanol–water partition coefficient (Wildman–Crippen LogP) is 4.26. The molecule has 0 fully saturated rings. The zero-order valence-electron chi connectivity index (χ0n) is 18.8. The van der Waals surface area contributed by atoms with Crippen molar-refractivity contribution in [2.45, 2.75) is 50.1 Å². The minimum absolute atomic E-state index is 0.0489. The van der Waals surface area contributed by atoms with Crippen molar-refractivity contribution >= 4 is 45.7 Å². The van der Waals surface area contributed by atoms with Gasteiger partial charge in [0.15, 0.2) is 5.16 Å². The van der Waals surface area contributed by atoms with Crippen LogP contribution in [0.5, 0.6) is 0 Å². The molecule has 34 heavy (non-hydrogen) atoms. The fraction of sp³-hybridized carbons (Fsp3) is 0.304. The van der Waals surface area contributed by atoms with Gasteiger partial charge < -0.3 is 5.32 Å². The number of non-ortho nitro benzene ring substituents is 1. The number of amides is 1. The highest BCUT2D eigenvalue weighted by molar-refractivity contribution is 8.00. The minimum atomic E-state index is -0.540. The molecule has 2 aromatic carbocycles. The number of rotatable bonds is 9. The van der Waals surface area contributed by atoms with Gasteiger partial charge in [-0.15, -0.1) is 10.2 Å². The number of aromatic nitrogens is 4. The van der Waals surface area contributed by atoms with Gasteiger partial charge in [-0.1, -0.05) is 43.7 Å². The van der Waals surface area contributed by atoms with Crippen LogP contribution in [0, 0.1) is 10.1 Å². The van der Waals surface area contributed by atoms with Crippen LogP contribution in [0.4, 0.5) is 11.4 Å². The molecule has 1 amide bonds. The number of unbranched alkanes of at least 4 members (excludes halogenated alkanes) is 2. The minimum Gasteiger partial charge on any atom is -0.325 e. The van der Waals surface area contributed by atoms with E-state index in [0.717, 1.165) is 19.3 Å². The molecular formula is C23H24N6O4S. The maximum atomic E-state index is 13.1. The SMILES string of the molecule is CCCCCn1c(=O)c2ccccc2n2c(SC(C)C(=O)Nc3ccc([N+](=O)[O-])cc3)nnc12. The highest BCUT2D eigenvalue weighted by atomic mass is 32.2. The molecule has 0 saturated carbocycles. The molecule has 2 aromatic heterocycles. The first-order valence-electron chi connectivity index (χ1n) is 11.0. The van der Waals surface area contributed by atoms with Gasteiger partial charge in [0.25, 0.3) is 11.2 Å². The lowest BCUT2D eigenvalue weighted by atomic mass is 10.2. The smallest absolute Gasteiger partial charge is 0.269 e. The zero-order chi connectivity index (χ0) is 24.2. The molecule has 0 bridgehead atoms. The molecule has 0 spiro atoms. The Hall–Kier alpha value is -3.73. The Labute approximate surface area is 199 Å². The van der Waals surface area contributed by atoms with E-state index in [1.165, 1.54) is 36.0 Å². The number of nitrogens with one attached hydrogen (secondary N) is 1. The Morgan fingerprint density at radius 1 is 1.15 bits per heavy atom. The number of nitro benzene ring substituents is 1. The first-order valence-corrected chi connectivity index (χ1v) is 11.9. The van der Waals surface area contributed by atoms with Crippen LogP contribution in [0.15, 0.2) is 58.5 Å². The number of anilines is 1. The van der Waals surface area contributed by atoms with Gasteiger partial charge in [0, 0.05) is 24.4 Å². The van der Waals surface area contributed by atoms with E-state index in [2.05, 4.69) is 22.4 Å². The number of nitro groups is 1. The first-order chi connectivity index (χ1) is 16.4. The highest BCUT2D eigenvalue weighted by Gasteiger charge is 2.22. The Bertz CT molecular complexity index is 1410. The number of benzene rings is 2. The molecule has 11 heteroatoms. The van der Waals surface area contributed by atoms with Gasteiger partial charge in [-0.2, -0.15) is 0 Å². The molecule has 0 radical (unpaired) electrons. The first kappa shape index (κ1) is 23.4. The summed E-state index contributed by atoms with van der Waals surface area (Å²) in [6.07, 6.45) is 2.89. The lowest BCUT2D eigenvalue weighted by molar-refractivity contribution is -0.384. The van der Waals surface area contributed by atoms with Crippen molar-refractivity contribution in [3.05, 3.63) is 69.0 Å². The van der Waals surface area contributed by atoms with Crippen LogP contribution >= 0.6 is 11.8 Å². The Morgan fingerprint density at radius 2 is 1.88 bits per heavy atom. The number of fused-ring (bicyclic) bond motifs is 3. The summed E-state index contributed by atoms with van der Waals surface area (Å²) in [5.74, 6) is 0.168. The van der Waals surface area contributed by atoms with Gasteiger partial charge in [-0.05, 0) is 37.6 Å². The highest BCUT2D eigenvalue weighted by Crippen LogP contribution is 2.26. The van der Waals surface area contributed by atoms with E-state index in [1.54, 1.807) is 17.6 Å². The third kappa shape index (κ3) is 4.65. The van der Waals surface area contributed by atoms with Gasteiger partial charge in [0.2, 0.25) is 11.7 Å². The van der Waals surface area contributed by atoms with E-state index in [-0.39, 0.29) is 17.2 Å². The molecule has 1 N–H and O–H groups in total. The molecule has 4 aromatic rings. The molecule has 1 atom stereocenters. The number of hydrogen-bond donors (Lipinski definition) is 1. The summed E-state index contributed by atoms with van der Waals surface area (Å²) in [5.41, 5.74) is 0.994. The summed E-state index contributed by atoms with van der Waals surface area (Å²) in [5, 5.41) is 22.7. The van der Waals surface area contributed by atoms with Crippen molar-refractivity contribution in [1.29, 1.82) is 0 Å². The van der Waals surface area contributed by atoms with Crippen LogP contribution in [0.2, 0.25) is 0 Å². The quantitative estimate of drug-likeness (QED) is 0.164. The van der Waals surface area contributed by atoms with Crippen LogP contribution in [-0.4, -0.2) is 35.2 Å². The Balaban J connectivity index is 1.63. The maximum Gasteiger partial charge on any atom is 0.269 e. The van der Waals surface area contributed by atoms with Gasteiger partial charge in [-0.25, -0.2) is 0 Å². The Kier molecular flexibility index (Phi) is 6.92. The third-order valence-electron chi connectivity index (χ3n) is 5.46. The van der Waals surface area contributed by atoms with E-state index in [9.17, 15) is 19.7 Å². The second kappa shape index (κ2) is 10.0. The van der Waals surface area contributed by atoms with Crippen LogP contribution in [0.3, 0.4) is 0 Å². The van der Waals surface area contributed by atoms with Crippen molar-refractivity contribution < 1.29 is 9.72 Å². The van der Waals surface area contributed by atoms with E-state index in [1.807, 2.05) is 22.6 Å². The third-order valence-corrected chi connectivity index (χ3v) is 6.50. The predicted molar refractivity (Wildman–Crippen MR) is 131 cm³/mol. The fourth-order valence-corrected chi connectivity index (χ4v) is 4.51. The maximum absolute atomic E-state index is 13.1. The molecule has 1 unspecified atom stereocenters. The van der Waals surface area contributed by atoms with Crippen LogP contribution < -0.4 is 10.9 Å². The normalized spacial score (nSPS) is 12.2. The average Bonchev–Trinajstić information content (AvgIpc) is 3.25. The molecular weight excluding hydrogens is 456 g/mol. The number of thioether (sulfide) groups is 1. The topological polar surface area (TPSA) is 124 Å². The molecule has 4 rings (SSSR count). The van der Waals surface area contributed by atoms with Crippen molar-refractivity contribution in [2.75, 3.05) is 5.32 Å². The van der Waals surface area contributed by atoms with Crippen LogP contribution in [0.25, 0.3) is 16.7 Å².